The fourth-order valence-electron chi connectivity index (χ4n) is 4.68. The van der Waals surface area contributed by atoms with Crippen molar-refractivity contribution in [1.82, 2.24) is 19.9 Å². The van der Waals surface area contributed by atoms with Crippen molar-refractivity contribution in [2.24, 2.45) is 0 Å². The largest absolute Gasteiger partial charge is 0.351 e. The maximum absolute atomic E-state index is 5.89. The Kier molecular flexibility index (Phi) is 5.76. The lowest BCUT2D eigenvalue weighted by atomic mass is 9.96. The molecule has 3 aromatic heterocycles. The summed E-state index contributed by atoms with van der Waals surface area (Å²) in [6, 6.07) is 17.0. The number of hydrogen-bond donors (Lipinski definition) is 1. The highest BCUT2D eigenvalue weighted by atomic mass is 32.1. The van der Waals surface area contributed by atoms with E-state index in [0.717, 1.165) is 22.2 Å². The fraction of sp³-hybridized carbons (Fsp3) is 0.269. The van der Waals surface area contributed by atoms with E-state index >= 15 is 0 Å². The van der Waals surface area contributed by atoms with Crippen LogP contribution in [0.4, 0.5) is 5.69 Å². The molecule has 0 aliphatic carbocycles. The van der Waals surface area contributed by atoms with Crippen molar-refractivity contribution in [2.45, 2.75) is 45.7 Å². The molecule has 0 spiro atoms. The smallest absolute Gasteiger partial charge is 0.193 e. The van der Waals surface area contributed by atoms with Gasteiger partial charge in [0.05, 0.1) is 17.8 Å². The van der Waals surface area contributed by atoms with Crippen molar-refractivity contribution in [1.29, 1.82) is 0 Å². The first kappa shape index (κ1) is 21.8. The normalized spacial score (nSPS) is 18.2. The second-order valence-electron chi connectivity index (χ2n) is 8.72. The van der Waals surface area contributed by atoms with Gasteiger partial charge in [-0.05, 0) is 73.4 Å². The van der Waals surface area contributed by atoms with Crippen molar-refractivity contribution in [3.8, 4) is 5.13 Å². The Morgan fingerprint density at radius 3 is 2.45 bits per heavy atom. The van der Waals surface area contributed by atoms with Crippen molar-refractivity contribution < 1.29 is 0 Å². The first-order chi connectivity index (χ1) is 16.0. The minimum Gasteiger partial charge on any atom is -0.351 e. The van der Waals surface area contributed by atoms with Crippen LogP contribution in [-0.2, 0) is 0 Å². The summed E-state index contributed by atoms with van der Waals surface area (Å²) >= 11 is 7.54. The summed E-state index contributed by atoms with van der Waals surface area (Å²) in [5.41, 5.74) is 6.92. The monoisotopic (exact) mass is 473 g/mol. The SMILES string of the molecule is Cc1cc([C@H]2[C@H](c3ccccn3)NC(=S)N2c2ccc(C(C)C)cc2)c(C)n1-c1nccs1. The highest BCUT2D eigenvalue weighted by Crippen LogP contribution is 2.44. The molecule has 1 fully saturated rings. The highest BCUT2D eigenvalue weighted by molar-refractivity contribution is 7.80. The molecule has 1 saturated heterocycles. The molecule has 0 radical (unpaired) electrons. The summed E-state index contributed by atoms with van der Waals surface area (Å²) in [5.74, 6) is 0.483. The van der Waals surface area contributed by atoms with E-state index in [9.17, 15) is 0 Å². The lowest BCUT2D eigenvalue weighted by Crippen LogP contribution is -2.29. The van der Waals surface area contributed by atoms with Crippen LogP contribution in [0.15, 0.2) is 66.3 Å². The first-order valence-corrected chi connectivity index (χ1v) is 12.4. The molecule has 0 bridgehead atoms. The topological polar surface area (TPSA) is 46.0 Å². The van der Waals surface area contributed by atoms with Gasteiger partial charge < -0.3 is 10.2 Å². The summed E-state index contributed by atoms with van der Waals surface area (Å²) in [4.78, 5) is 11.5. The zero-order chi connectivity index (χ0) is 23.1. The number of aryl methyl sites for hydroxylation is 1. The Hall–Kier alpha value is -3.03. The Morgan fingerprint density at radius 2 is 1.82 bits per heavy atom. The number of nitrogens with one attached hydrogen (secondary N) is 1. The standard InChI is InChI=1S/C26H27N5S2/c1-16(2)19-8-10-20(11-9-19)31-24(23(29-25(31)32)22-7-5-6-12-27-22)21-15-17(3)30(18(21)4)26-28-13-14-33-26/h5-16,23-24H,1-4H3,(H,29,32)/t23-,24-/m0/s1. The van der Waals surface area contributed by atoms with Gasteiger partial charge in [-0.25, -0.2) is 4.98 Å². The molecule has 1 aliphatic heterocycles. The summed E-state index contributed by atoms with van der Waals surface area (Å²) in [7, 11) is 0. The van der Waals surface area contributed by atoms with Crippen LogP contribution in [0.1, 0.15) is 60.1 Å². The molecule has 7 heteroatoms. The fourth-order valence-corrected chi connectivity index (χ4v) is 5.77. The number of aromatic nitrogens is 3. The van der Waals surface area contributed by atoms with E-state index in [0.29, 0.717) is 11.0 Å². The summed E-state index contributed by atoms with van der Waals surface area (Å²) in [6.45, 7) is 8.73. The van der Waals surface area contributed by atoms with Crippen LogP contribution < -0.4 is 10.2 Å². The molecule has 2 atom stereocenters. The molecule has 1 aliphatic rings. The predicted molar refractivity (Wildman–Crippen MR) is 139 cm³/mol. The van der Waals surface area contributed by atoms with Gasteiger partial charge in [0.2, 0.25) is 0 Å². The molecule has 33 heavy (non-hydrogen) atoms. The lowest BCUT2D eigenvalue weighted by molar-refractivity contribution is 0.565. The number of anilines is 1. The zero-order valence-electron chi connectivity index (χ0n) is 19.2. The number of rotatable bonds is 5. The average Bonchev–Trinajstić information content (AvgIpc) is 3.52. The van der Waals surface area contributed by atoms with Crippen LogP contribution in [0.3, 0.4) is 0 Å². The maximum atomic E-state index is 5.89. The number of hydrogen-bond acceptors (Lipinski definition) is 4. The molecule has 168 valence electrons. The summed E-state index contributed by atoms with van der Waals surface area (Å²) < 4.78 is 2.23. The minimum absolute atomic E-state index is 0.0304. The van der Waals surface area contributed by atoms with Crippen molar-refractivity contribution >= 4 is 34.4 Å². The van der Waals surface area contributed by atoms with E-state index in [4.69, 9.17) is 12.2 Å². The van der Waals surface area contributed by atoms with Gasteiger partial charge in [-0.3, -0.25) is 9.55 Å². The number of benzene rings is 1. The maximum Gasteiger partial charge on any atom is 0.193 e. The van der Waals surface area contributed by atoms with Gasteiger partial charge in [-0.15, -0.1) is 11.3 Å². The Bertz CT molecular complexity index is 1260. The van der Waals surface area contributed by atoms with E-state index in [-0.39, 0.29) is 12.1 Å². The van der Waals surface area contributed by atoms with Crippen molar-refractivity contribution in [3.63, 3.8) is 0 Å². The van der Waals surface area contributed by atoms with Gasteiger partial charge in [-0.1, -0.05) is 32.0 Å². The predicted octanol–water partition coefficient (Wildman–Crippen LogP) is 6.25. The van der Waals surface area contributed by atoms with Crippen LogP contribution in [-0.4, -0.2) is 19.6 Å². The highest BCUT2D eigenvalue weighted by Gasteiger charge is 2.42. The van der Waals surface area contributed by atoms with Crippen molar-refractivity contribution in [2.75, 3.05) is 4.90 Å². The Labute approximate surface area is 204 Å². The number of pyridine rings is 1. The van der Waals surface area contributed by atoms with Crippen LogP contribution in [0, 0.1) is 13.8 Å². The lowest BCUT2D eigenvalue weighted by Gasteiger charge is -2.28. The Morgan fingerprint density at radius 1 is 1.03 bits per heavy atom. The summed E-state index contributed by atoms with van der Waals surface area (Å²) in [6.07, 6.45) is 3.69. The average molecular weight is 474 g/mol. The van der Waals surface area contributed by atoms with Gasteiger partial charge >= 0.3 is 0 Å². The van der Waals surface area contributed by atoms with Gasteiger partial charge in [0.15, 0.2) is 10.2 Å². The third-order valence-electron chi connectivity index (χ3n) is 6.34. The van der Waals surface area contributed by atoms with Gasteiger partial charge in [0, 0.05) is 34.8 Å². The second kappa shape index (κ2) is 8.72. The van der Waals surface area contributed by atoms with Crippen LogP contribution in [0.2, 0.25) is 0 Å². The number of thiocarbonyl (C=S) groups is 1. The molecule has 5 nitrogen and oxygen atoms in total. The van der Waals surface area contributed by atoms with Crippen LogP contribution >= 0.6 is 23.6 Å². The van der Waals surface area contributed by atoms with E-state index in [1.807, 2.05) is 29.9 Å². The van der Waals surface area contributed by atoms with E-state index in [1.54, 1.807) is 11.3 Å². The third kappa shape index (κ3) is 3.85. The van der Waals surface area contributed by atoms with E-state index < -0.39 is 0 Å². The van der Waals surface area contributed by atoms with Gasteiger partial charge in [-0.2, -0.15) is 0 Å². The van der Waals surface area contributed by atoms with Crippen LogP contribution in [0.5, 0.6) is 0 Å². The summed E-state index contributed by atoms with van der Waals surface area (Å²) in [5, 5.41) is 7.27. The molecule has 0 unspecified atom stereocenters. The van der Waals surface area contributed by atoms with Crippen molar-refractivity contribution in [3.05, 3.63) is 94.5 Å². The number of thiazole rings is 1. The molecular formula is C26H27N5S2. The van der Waals surface area contributed by atoms with E-state index in [2.05, 4.69) is 88.8 Å². The number of nitrogens with zero attached hydrogens (tertiary/aromatic N) is 4. The molecular weight excluding hydrogens is 446 g/mol. The molecule has 5 rings (SSSR count). The van der Waals surface area contributed by atoms with E-state index in [1.165, 1.54) is 16.8 Å². The minimum atomic E-state index is -0.0614. The zero-order valence-corrected chi connectivity index (χ0v) is 20.8. The van der Waals surface area contributed by atoms with Crippen LogP contribution in [0.25, 0.3) is 5.13 Å². The quantitative estimate of drug-likeness (QED) is 0.347. The molecule has 0 amide bonds. The van der Waals surface area contributed by atoms with Gasteiger partial charge in [0.25, 0.3) is 0 Å². The first-order valence-electron chi connectivity index (χ1n) is 11.1. The molecule has 4 heterocycles. The second-order valence-corrected chi connectivity index (χ2v) is 9.98. The third-order valence-corrected chi connectivity index (χ3v) is 7.41. The molecule has 1 N–H and O–H groups in total. The molecule has 0 saturated carbocycles. The molecule has 4 aromatic rings. The van der Waals surface area contributed by atoms with Gasteiger partial charge in [0.1, 0.15) is 0 Å². The molecule has 1 aromatic carbocycles. The Balaban J connectivity index is 1.65.